The van der Waals surface area contributed by atoms with Gasteiger partial charge in [0, 0.05) is 24.3 Å². The first-order valence-electron chi connectivity index (χ1n) is 6.95. The van der Waals surface area contributed by atoms with Crippen molar-refractivity contribution < 1.29 is 4.39 Å². The van der Waals surface area contributed by atoms with E-state index >= 15 is 0 Å². The fourth-order valence-corrected chi connectivity index (χ4v) is 3.26. The molecular weight excluding hydrogens is 227 g/mol. The van der Waals surface area contributed by atoms with Crippen LogP contribution in [0.5, 0.6) is 0 Å². The van der Waals surface area contributed by atoms with Crippen LogP contribution in [-0.4, -0.2) is 25.2 Å². The molecule has 98 valence electrons. The Morgan fingerprint density at radius 3 is 3.06 bits per heavy atom. The average molecular weight is 248 g/mol. The molecule has 0 radical (unpaired) electrons. The van der Waals surface area contributed by atoms with Gasteiger partial charge in [0.1, 0.15) is 5.82 Å². The minimum Gasteiger partial charge on any atom is -0.369 e. The van der Waals surface area contributed by atoms with Gasteiger partial charge in [0.15, 0.2) is 0 Å². The molecule has 2 heterocycles. The van der Waals surface area contributed by atoms with Crippen LogP contribution in [0.25, 0.3) is 0 Å². The number of halogens is 1. The van der Waals surface area contributed by atoms with E-state index in [1.807, 2.05) is 6.07 Å². The van der Waals surface area contributed by atoms with E-state index in [-0.39, 0.29) is 11.4 Å². The van der Waals surface area contributed by atoms with E-state index in [4.69, 9.17) is 0 Å². The second-order valence-electron chi connectivity index (χ2n) is 5.89. The maximum atomic E-state index is 13.4. The Bertz CT molecular complexity index is 438. The van der Waals surface area contributed by atoms with Crippen molar-refractivity contribution >= 4 is 5.69 Å². The normalized spacial score (nSPS) is 27.3. The van der Waals surface area contributed by atoms with Gasteiger partial charge in [-0.25, -0.2) is 4.39 Å². The topological polar surface area (TPSA) is 15.3 Å². The van der Waals surface area contributed by atoms with Crippen LogP contribution in [0.4, 0.5) is 10.1 Å². The lowest BCUT2D eigenvalue weighted by Crippen LogP contribution is -2.53. The number of benzene rings is 1. The van der Waals surface area contributed by atoms with Gasteiger partial charge in [-0.3, -0.25) is 0 Å². The molecule has 0 saturated carbocycles. The molecule has 2 nitrogen and oxygen atoms in total. The Hall–Kier alpha value is -1.09. The molecular formula is C15H21FN2. The van der Waals surface area contributed by atoms with E-state index in [9.17, 15) is 4.39 Å². The Morgan fingerprint density at radius 2 is 2.28 bits per heavy atom. The number of piperidine rings is 1. The summed E-state index contributed by atoms with van der Waals surface area (Å²) in [6.07, 6.45) is 4.84. The summed E-state index contributed by atoms with van der Waals surface area (Å²) < 4.78 is 13.4. The van der Waals surface area contributed by atoms with E-state index in [1.54, 1.807) is 12.1 Å². The Kier molecular flexibility index (Phi) is 3.02. The van der Waals surface area contributed by atoms with Crippen molar-refractivity contribution in [2.75, 3.05) is 24.5 Å². The molecule has 2 aliphatic heterocycles. The third-order valence-corrected chi connectivity index (χ3v) is 4.29. The van der Waals surface area contributed by atoms with Crippen molar-refractivity contribution in [1.29, 1.82) is 0 Å². The highest BCUT2D eigenvalue weighted by Gasteiger charge is 2.31. The first kappa shape index (κ1) is 12.0. The van der Waals surface area contributed by atoms with Crippen LogP contribution in [0, 0.1) is 5.82 Å². The first-order valence-corrected chi connectivity index (χ1v) is 6.95. The maximum Gasteiger partial charge on any atom is 0.125 e. The lowest BCUT2D eigenvalue weighted by Gasteiger charge is -2.39. The smallest absolute Gasteiger partial charge is 0.125 e. The molecule has 1 aromatic carbocycles. The van der Waals surface area contributed by atoms with Crippen molar-refractivity contribution in [2.24, 2.45) is 0 Å². The van der Waals surface area contributed by atoms with E-state index < -0.39 is 0 Å². The molecule has 1 N–H and O–H groups in total. The number of rotatable bonds is 2. The van der Waals surface area contributed by atoms with Crippen LogP contribution in [0.3, 0.4) is 0 Å². The Labute approximate surface area is 108 Å². The number of fused-ring (bicyclic) bond motifs is 1. The molecule has 3 rings (SSSR count). The Balaban J connectivity index is 1.77. The number of hydrogen-bond donors (Lipinski definition) is 1. The molecule has 1 aromatic rings. The summed E-state index contributed by atoms with van der Waals surface area (Å²) in [5.41, 5.74) is 2.58. The molecule has 0 aromatic heterocycles. The largest absolute Gasteiger partial charge is 0.369 e. The van der Waals surface area contributed by atoms with E-state index in [1.165, 1.54) is 24.8 Å². The summed E-state index contributed by atoms with van der Waals surface area (Å²) in [6, 6.07) is 5.19. The molecule has 0 spiro atoms. The van der Waals surface area contributed by atoms with Crippen molar-refractivity contribution in [3.63, 3.8) is 0 Å². The molecule has 0 aliphatic carbocycles. The lowest BCUT2D eigenvalue weighted by molar-refractivity contribution is 0.281. The SMILES string of the molecule is CC1(CN2CCc3ccc(F)cc32)CCCCN1. The van der Waals surface area contributed by atoms with Crippen LogP contribution in [0.1, 0.15) is 31.7 Å². The van der Waals surface area contributed by atoms with Crippen LogP contribution >= 0.6 is 0 Å². The number of nitrogens with zero attached hydrogens (tertiary/aromatic N) is 1. The fraction of sp³-hybridized carbons (Fsp3) is 0.600. The predicted molar refractivity (Wildman–Crippen MR) is 72.6 cm³/mol. The van der Waals surface area contributed by atoms with Crippen LogP contribution in [-0.2, 0) is 6.42 Å². The standard InChI is InChI=1S/C15H21FN2/c1-15(7-2-3-8-17-15)11-18-9-6-12-4-5-13(16)10-14(12)18/h4-5,10,17H,2-3,6-9,11H2,1H3. The molecule has 1 atom stereocenters. The second kappa shape index (κ2) is 4.54. The zero-order valence-electron chi connectivity index (χ0n) is 11.0. The highest BCUT2D eigenvalue weighted by atomic mass is 19.1. The second-order valence-corrected chi connectivity index (χ2v) is 5.89. The fourth-order valence-electron chi connectivity index (χ4n) is 3.26. The average Bonchev–Trinajstić information content (AvgIpc) is 2.72. The summed E-state index contributed by atoms with van der Waals surface area (Å²) in [6.45, 7) is 5.42. The monoisotopic (exact) mass is 248 g/mol. The summed E-state index contributed by atoms with van der Waals surface area (Å²) in [5, 5.41) is 3.63. The lowest BCUT2D eigenvalue weighted by atomic mass is 9.90. The van der Waals surface area contributed by atoms with Crippen molar-refractivity contribution in [3.8, 4) is 0 Å². The van der Waals surface area contributed by atoms with Gasteiger partial charge in [-0.2, -0.15) is 0 Å². The summed E-state index contributed by atoms with van der Waals surface area (Å²) in [7, 11) is 0. The molecule has 3 heteroatoms. The number of hydrogen-bond acceptors (Lipinski definition) is 2. The van der Waals surface area contributed by atoms with Gasteiger partial charge < -0.3 is 10.2 Å². The molecule has 0 bridgehead atoms. The molecule has 0 amide bonds. The predicted octanol–water partition coefficient (Wildman–Crippen LogP) is 2.72. The highest BCUT2D eigenvalue weighted by Crippen LogP contribution is 2.31. The van der Waals surface area contributed by atoms with Gasteiger partial charge in [0.05, 0.1) is 0 Å². The van der Waals surface area contributed by atoms with Crippen LogP contribution in [0.2, 0.25) is 0 Å². The zero-order chi connectivity index (χ0) is 12.6. The summed E-state index contributed by atoms with van der Waals surface area (Å²) in [5.74, 6) is -0.123. The zero-order valence-corrected chi connectivity index (χ0v) is 11.0. The highest BCUT2D eigenvalue weighted by molar-refractivity contribution is 5.58. The molecule has 1 unspecified atom stereocenters. The van der Waals surface area contributed by atoms with E-state index in [0.29, 0.717) is 0 Å². The minimum atomic E-state index is -0.123. The van der Waals surface area contributed by atoms with Crippen molar-refractivity contribution in [3.05, 3.63) is 29.6 Å². The van der Waals surface area contributed by atoms with Gasteiger partial charge in [-0.05, 0) is 50.4 Å². The van der Waals surface area contributed by atoms with Gasteiger partial charge in [-0.15, -0.1) is 0 Å². The van der Waals surface area contributed by atoms with E-state index in [0.717, 1.165) is 31.7 Å². The maximum absolute atomic E-state index is 13.4. The Morgan fingerprint density at radius 1 is 1.39 bits per heavy atom. The molecule has 1 fully saturated rings. The quantitative estimate of drug-likeness (QED) is 0.865. The van der Waals surface area contributed by atoms with Crippen molar-refractivity contribution in [1.82, 2.24) is 5.32 Å². The van der Waals surface area contributed by atoms with Crippen molar-refractivity contribution in [2.45, 2.75) is 38.1 Å². The number of anilines is 1. The van der Waals surface area contributed by atoms with Gasteiger partial charge in [0.2, 0.25) is 0 Å². The first-order chi connectivity index (χ1) is 8.66. The summed E-state index contributed by atoms with van der Waals surface area (Å²) in [4.78, 5) is 2.34. The molecule has 1 saturated heterocycles. The molecule has 18 heavy (non-hydrogen) atoms. The van der Waals surface area contributed by atoms with Crippen LogP contribution in [0.15, 0.2) is 18.2 Å². The van der Waals surface area contributed by atoms with Crippen LogP contribution < -0.4 is 10.2 Å². The van der Waals surface area contributed by atoms with Gasteiger partial charge in [-0.1, -0.05) is 12.5 Å². The molecule has 2 aliphatic rings. The third kappa shape index (κ3) is 2.24. The number of nitrogens with one attached hydrogen (secondary N) is 1. The third-order valence-electron chi connectivity index (χ3n) is 4.29. The van der Waals surface area contributed by atoms with E-state index in [2.05, 4.69) is 17.1 Å². The minimum absolute atomic E-state index is 0.123. The summed E-state index contributed by atoms with van der Waals surface area (Å²) >= 11 is 0. The van der Waals surface area contributed by atoms with Gasteiger partial charge >= 0.3 is 0 Å². The van der Waals surface area contributed by atoms with Gasteiger partial charge in [0.25, 0.3) is 0 Å².